The molecule has 2 rings (SSSR count). The van der Waals surface area contributed by atoms with E-state index in [1.165, 1.54) is 0 Å². The number of hydrogen-bond donors (Lipinski definition) is 1. The lowest BCUT2D eigenvalue weighted by Crippen LogP contribution is -2.04. The number of halogens is 1. The maximum Gasteiger partial charge on any atom is 0.0649 e. The SMILES string of the molecule is Cc1cc(CCN)nn1-c1ccc(Cl)cc1. The van der Waals surface area contributed by atoms with Crippen LogP contribution in [0.3, 0.4) is 0 Å². The van der Waals surface area contributed by atoms with E-state index in [9.17, 15) is 0 Å². The number of benzene rings is 1. The van der Waals surface area contributed by atoms with Gasteiger partial charge in [-0.15, -0.1) is 0 Å². The third-order valence-corrected chi connectivity index (χ3v) is 2.66. The van der Waals surface area contributed by atoms with Crippen LogP contribution in [-0.2, 0) is 6.42 Å². The van der Waals surface area contributed by atoms with E-state index >= 15 is 0 Å². The molecule has 0 aliphatic heterocycles. The van der Waals surface area contributed by atoms with E-state index in [2.05, 4.69) is 11.2 Å². The first-order valence-electron chi connectivity index (χ1n) is 5.22. The summed E-state index contributed by atoms with van der Waals surface area (Å²) in [6.07, 6.45) is 0.807. The smallest absolute Gasteiger partial charge is 0.0649 e. The van der Waals surface area contributed by atoms with Crippen LogP contribution >= 0.6 is 11.6 Å². The van der Waals surface area contributed by atoms with Gasteiger partial charge < -0.3 is 5.73 Å². The fourth-order valence-electron chi connectivity index (χ4n) is 1.65. The summed E-state index contributed by atoms with van der Waals surface area (Å²) in [6, 6.07) is 9.69. The molecule has 0 radical (unpaired) electrons. The van der Waals surface area contributed by atoms with Crippen LogP contribution in [0.15, 0.2) is 30.3 Å². The molecule has 84 valence electrons. The lowest BCUT2D eigenvalue weighted by atomic mass is 10.3. The molecule has 4 heteroatoms. The second kappa shape index (κ2) is 4.68. The minimum Gasteiger partial charge on any atom is -0.330 e. The van der Waals surface area contributed by atoms with Crippen LogP contribution in [0.4, 0.5) is 0 Å². The zero-order valence-electron chi connectivity index (χ0n) is 9.15. The topological polar surface area (TPSA) is 43.8 Å². The number of hydrogen-bond acceptors (Lipinski definition) is 2. The zero-order chi connectivity index (χ0) is 11.5. The predicted octanol–water partition coefficient (Wildman–Crippen LogP) is 2.34. The Bertz CT molecular complexity index is 474. The van der Waals surface area contributed by atoms with Crippen molar-refractivity contribution in [2.24, 2.45) is 5.73 Å². The van der Waals surface area contributed by atoms with E-state index in [4.69, 9.17) is 17.3 Å². The Balaban J connectivity index is 2.36. The fourth-order valence-corrected chi connectivity index (χ4v) is 1.78. The summed E-state index contributed by atoms with van der Waals surface area (Å²) in [7, 11) is 0. The van der Waals surface area contributed by atoms with E-state index in [1.54, 1.807) is 0 Å². The van der Waals surface area contributed by atoms with Gasteiger partial charge in [-0.25, -0.2) is 4.68 Å². The molecule has 0 aliphatic carbocycles. The molecule has 2 N–H and O–H groups in total. The van der Waals surface area contributed by atoms with Gasteiger partial charge in [-0.3, -0.25) is 0 Å². The Labute approximate surface area is 99.8 Å². The molecule has 0 spiro atoms. The Hall–Kier alpha value is -1.32. The van der Waals surface area contributed by atoms with Gasteiger partial charge in [-0.2, -0.15) is 5.10 Å². The van der Waals surface area contributed by atoms with Gasteiger partial charge in [0.05, 0.1) is 11.4 Å². The van der Waals surface area contributed by atoms with Crippen molar-refractivity contribution in [3.8, 4) is 5.69 Å². The molecule has 3 nitrogen and oxygen atoms in total. The minimum atomic E-state index is 0.622. The first-order valence-corrected chi connectivity index (χ1v) is 5.60. The van der Waals surface area contributed by atoms with E-state index in [1.807, 2.05) is 35.9 Å². The summed E-state index contributed by atoms with van der Waals surface area (Å²) in [6.45, 7) is 2.65. The van der Waals surface area contributed by atoms with E-state index in [0.717, 1.165) is 28.5 Å². The Morgan fingerprint density at radius 1 is 1.31 bits per heavy atom. The number of nitrogens with two attached hydrogens (primary N) is 1. The first kappa shape index (κ1) is 11.2. The molecule has 0 aliphatic rings. The molecule has 0 amide bonds. The number of aryl methyl sites for hydroxylation is 1. The largest absolute Gasteiger partial charge is 0.330 e. The average Bonchev–Trinajstić information content (AvgIpc) is 2.61. The first-order chi connectivity index (χ1) is 7.70. The van der Waals surface area contributed by atoms with Crippen molar-refractivity contribution in [1.82, 2.24) is 9.78 Å². The van der Waals surface area contributed by atoms with E-state index in [-0.39, 0.29) is 0 Å². The molecule has 1 heterocycles. The molecule has 0 unspecified atom stereocenters. The van der Waals surface area contributed by atoms with Gasteiger partial charge >= 0.3 is 0 Å². The van der Waals surface area contributed by atoms with Crippen LogP contribution in [-0.4, -0.2) is 16.3 Å². The number of aromatic nitrogens is 2. The second-order valence-electron chi connectivity index (χ2n) is 3.70. The molecular formula is C12H14ClN3. The molecule has 1 aromatic heterocycles. The van der Waals surface area contributed by atoms with Crippen molar-refractivity contribution < 1.29 is 0 Å². The molecule has 16 heavy (non-hydrogen) atoms. The number of rotatable bonds is 3. The molecule has 0 saturated heterocycles. The molecule has 2 aromatic rings. The Morgan fingerprint density at radius 3 is 2.62 bits per heavy atom. The van der Waals surface area contributed by atoms with Crippen molar-refractivity contribution in [3.05, 3.63) is 46.7 Å². The molecule has 1 aromatic carbocycles. The standard InChI is InChI=1S/C12H14ClN3/c1-9-8-11(6-7-14)15-16(9)12-4-2-10(13)3-5-12/h2-5,8H,6-7,14H2,1H3. The monoisotopic (exact) mass is 235 g/mol. The highest BCUT2D eigenvalue weighted by atomic mass is 35.5. The van der Waals surface area contributed by atoms with Crippen LogP contribution in [0, 0.1) is 6.92 Å². The van der Waals surface area contributed by atoms with Gasteiger partial charge in [0, 0.05) is 17.1 Å². The van der Waals surface area contributed by atoms with E-state index in [0.29, 0.717) is 6.54 Å². The fraction of sp³-hybridized carbons (Fsp3) is 0.250. The van der Waals surface area contributed by atoms with Gasteiger partial charge in [-0.1, -0.05) is 11.6 Å². The zero-order valence-corrected chi connectivity index (χ0v) is 9.91. The summed E-state index contributed by atoms with van der Waals surface area (Å²) in [5.41, 5.74) is 8.66. The summed E-state index contributed by atoms with van der Waals surface area (Å²) < 4.78 is 1.90. The highest BCUT2D eigenvalue weighted by Crippen LogP contribution is 2.15. The summed E-state index contributed by atoms with van der Waals surface area (Å²) >= 11 is 5.85. The van der Waals surface area contributed by atoms with Gasteiger partial charge in [-0.05, 0) is 43.8 Å². The lowest BCUT2D eigenvalue weighted by molar-refractivity contribution is 0.804. The number of nitrogens with zero attached hydrogens (tertiary/aromatic N) is 2. The maximum atomic E-state index is 5.85. The minimum absolute atomic E-state index is 0.622. The van der Waals surface area contributed by atoms with Gasteiger partial charge in [0.25, 0.3) is 0 Å². The quantitative estimate of drug-likeness (QED) is 0.888. The van der Waals surface area contributed by atoms with Crippen molar-refractivity contribution in [2.45, 2.75) is 13.3 Å². The van der Waals surface area contributed by atoms with Crippen molar-refractivity contribution in [3.63, 3.8) is 0 Å². The Kier molecular flexibility index (Phi) is 3.27. The van der Waals surface area contributed by atoms with Crippen LogP contribution in [0.1, 0.15) is 11.4 Å². The molecule has 0 fully saturated rings. The van der Waals surface area contributed by atoms with Crippen molar-refractivity contribution in [2.75, 3.05) is 6.54 Å². The Morgan fingerprint density at radius 2 is 2.00 bits per heavy atom. The average molecular weight is 236 g/mol. The van der Waals surface area contributed by atoms with Crippen LogP contribution in [0.2, 0.25) is 5.02 Å². The van der Waals surface area contributed by atoms with Crippen LogP contribution in [0.5, 0.6) is 0 Å². The van der Waals surface area contributed by atoms with Crippen molar-refractivity contribution in [1.29, 1.82) is 0 Å². The molecule has 0 bridgehead atoms. The van der Waals surface area contributed by atoms with Crippen molar-refractivity contribution >= 4 is 11.6 Å². The third kappa shape index (κ3) is 2.26. The summed E-state index contributed by atoms with van der Waals surface area (Å²) in [5, 5.41) is 5.23. The summed E-state index contributed by atoms with van der Waals surface area (Å²) in [4.78, 5) is 0. The highest BCUT2D eigenvalue weighted by Gasteiger charge is 2.05. The summed E-state index contributed by atoms with van der Waals surface area (Å²) in [5.74, 6) is 0. The highest BCUT2D eigenvalue weighted by molar-refractivity contribution is 6.30. The lowest BCUT2D eigenvalue weighted by Gasteiger charge is -2.03. The van der Waals surface area contributed by atoms with Crippen LogP contribution in [0.25, 0.3) is 5.69 Å². The normalized spacial score (nSPS) is 10.7. The second-order valence-corrected chi connectivity index (χ2v) is 4.14. The van der Waals surface area contributed by atoms with Gasteiger partial charge in [0.1, 0.15) is 0 Å². The maximum absolute atomic E-state index is 5.85. The molecule has 0 atom stereocenters. The van der Waals surface area contributed by atoms with Crippen LogP contribution < -0.4 is 5.73 Å². The third-order valence-electron chi connectivity index (χ3n) is 2.41. The van der Waals surface area contributed by atoms with E-state index < -0.39 is 0 Å². The van der Waals surface area contributed by atoms with Gasteiger partial charge in [0.2, 0.25) is 0 Å². The predicted molar refractivity (Wildman–Crippen MR) is 66.1 cm³/mol. The molecular weight excluding hydrogens is 222 g/mol. The molecule has 0 saturated carbocycles. The van der Waals surface area contributed by atoms with Gasteiger partial charge in [0.15, 0.2) is 0 Å².